The van der Waals surface area contributed by atoms with Gasteiger partial charge in [0, 0.05) is 24.3 Å². The zero-order valence-electron chi connectivity index (χ0n) is 14.7. The van der Waals surface area contributed by atoms with Crippen molar-refractivity contribution in [3.05, 3.63) is 59.7 Å². The van der Waals surface area contributed by atoms with Crippen molar-refractivity contribution in [3.63, 3.8) is 0 Å². The lowest BCUT2D eigenvalue weighted by Gasteiger charge is -2.27. The molecule has 6 heteroatoms. The Morgan fingerprint density at radius 2 is 1.85 bits per heavy atom. The van der Waals surface area contributed by atoms with Crippen LogP contribution in [0.15, 0.2) is 48.5 Å². The van der Waals surface area contributed by atoms with Gasteiger partial charge < -0.3 is 19.7 Å². The van der Waals surface area contributed by atoms with E-state index in [2.05, 4.69) is 5.32 Å². The second-order valence-corrected chi connectivity index (χ2v) is 6.14. The molecule has 1 fully saturated rings. The summed E-state index contributed by atoms with van der Waals surface area (Å²) in [6, 6.07) is 14.4. The van der Waals surface area contributed by atoms with E-state index in [-0.39, 0.29) is 18.4 Å². The van der Waals surface area contributed by atoms with E-state index in [1.165, 1.54) is 0 Å². The van der Waals surface area contributed by atoms with Crippen molar-refractivity contribution in [3.8, 4) is 5.75 Å². The summed E-state index contributed by atoms with van der Waals surface area (Å²) in [5.41, 5.74) is 2.24. The lowest BCUT2D eigenvalue weighted by molar-refractivity contribution is -0.118. The third kappa shape index (κ3) is 4.83. The number of benzene rings is 2. The number of ether oxygens (including phenoxy) is 2. The highest BCUT2D eigenvalue weighted by Gasteiger charge is 2.18. The molecule has 1 aliphatic rings. The maximum absolute atomic E-state index is 12.5. The monoisotopic (exact) mass is 354 g/mol. The number of hydrogen-bond donors (Lipinski definition) is 1. The number of amides is 2. The van der Waals surface area contributed by atoms with Gasteiger partial charge in [-0.15, -0.1) is 0 Å². The maximum atomic E-state index is 12.5. The summed E-state index contributed by atoms with van der Waals surface area (Å²) in [4.78, 5) is 26.4. The number of morpholine rings is 1. The second-order valence-electron chi connectivity index (χ2n) is 6.14. The highest BCUT2D eigenvalue weighted by molar-refractivity contribution is 5.97. The number of hydrogen-bond acceptors (Lipinski definition) is 4. The molecule has 2 aromatic rings. The van der Waals surface area contributed by atoms with Crippen molar-refractivity contribution >= 4 is 17.5 Å². The molecule has 0 unspecified atom stereocenters. The lowest BCUT2D eigenvalue weighted by Crippen LogP contribution is -2.40. The van der Waals surface area contributed by atoms with Crippen LogP contribution in [0.1, 0.15) is 15.9 Å². The summed E-state index contributed by atoms with van der Waals surface area (Å²) in [5, 5.41) is 2.76. The number of nitrogens with zero attached hydrogens (tertiary/aromatic N) is 1. The van der Waals surface area contributed by atoms with E-state index in [1.807, 2.05) is 31.2 Å². The fourth-order valence-corrected chi connectivity index (χ4v) is 2.66. The minimum Gasteiger partial charge on any atom is -0.484 e. The Hall–Kier alpha value is -2.86. The number of aryl methyl sites for hydroxylation is 1. The quantitative estimate of drug-likeness (QED) is 0.896. The van der Waals surface area contributed by atoms with Crippen LogP contribution in [0.2, 0.25) is 0 Å². The molecule has 0 radical (unpaired) electrons. The van der Waals surface area contributed by atoms with Crippen LogP contribution < -0.4 is 10.1 Å². The number of rotatable bonds is 5. The minimum absolute atomic E-state index is 0.0553. The van der Waals surface area contributed by atoms with Crippen molar-refractivity contribution in [2.45, 2.75) is 6.92 Å². The minimum atomic E-state index is -0.276. The van der Waals surface area contributed by atoms with Crippen molar-refractivity contribution < 1.29 is 19.1 Å². The van der Waals surface area contributed by atoms with Gasteiger partial charge >= 0.3 is 0 Å². The van der Waals surface area contributed by atoms with Crippen LogP contribution >= 0.6 is 0 Å². The Bertz CT molecular complexity index is 768. The van der Waals surface area contributed by atoms with Gasteiger partial charge in [-0.2, -0.15) is 0 Å². The van der Waals surface area contributed by atoms with Crippen molar-refractivity contribution in [1.82, 2.24) is 4.90 Å². The zero-order valence-corrected chi connectivity index (χ0v) is 14.7. The van der Waals surface area contributed by atoms with Gasteiger partial charge in [-0.1, -0.05) is 23.8 Å². The fraction of sp³-hybridized carbons (Fsp3) is 0.300. The van der Waals surface area contributed by atoms with Gasteiger partial charge in [0.25, 0.3) is 11.8 Å². The first kappa shape index (κ1) is 17.9. The molecular weight excluding hydrogens is 332 g/mol. The lowest BCUT2D eigenvalue weighted by atomic mass is 10.1. The zero-order chi connectivity index (χ0) is 18.4. The van der Waals surface area contributed by atoms with Crippen molar-refractivity contribution in [1.29, 1.82) is 0 Å². The average Bonchev–Trinajstić information content (AvgIpc) is 2.68. The molecule has 1 N–H and O–H groups in total. The third-order valence-corrected chi connectivity index (χ3v) is 4.08. The molecule has 1 heterocycles. The molecule has 0 atom stereocenters. The Kier molecular flexibility index (Phi) is 5.86. The summed E-state index contributed by atoms with van der Waals surface area (Å²) in [6.45, 7) is 4.17. The van der Waals surface area contributed by atoms with Gasteiger partial charge in [-0.3, -0.25) is 9.59 Å². The molecule has 0 spiro atoms. The standard InChI is InChI=1S/C20H22N2O4/c1-15-5-7-18(8-6-15)26-14-19(23)21-17-4-2-3-16(13-17)20(24)22-9-11-25-12-10-22/h2-8,13H,9-12,14H2,1H3,(H,21,23). The topological polar surface area (TPSA) is 67.9 Å². The van der Waals surface area contributed by atoms with Gasteiger partial charge in [0.05, 0.1) is 13.2 Å². The Balaban J connectivity index is 1.56. The summed E-state index contributed by atoms with van der Waals surface area (Å²) >= 11 is 0. The predicted molar refractivity (Wildman–Crippen MR) is 98.5 cm³/mol. The molecular formula is C20H22N2O4. The van der Waals surface area contributed by atoms with Gasteiger partial charge in [0.15, 0.2) is 6.61 Å². The van der Waals surface area contributed by atoms with Crippen LogP contribution in [-0.4, -0.2) is 49.6 Å². The normalized spacial score (nSPS) is 14.0. The molecule has 1 saturated heterocycles. The third-order valence-electron chi connectivity index (χ3n) is 4.08. The van der Waals surface area contributed by atoms with Crippen LogP contribution in [0.5, 0.6) is 5.75 Å². The van der Waals surface area contributed by atoms with Crippen LogP contribution in [0.25, 0.3) is 0 Å². The summed E-state index contributed by atoms with van der Waals surface area (Å²) in [6.07, 6.45) is 0. The molecule has 0 bridgehead atoms. The smallest absolute Gasteiger partial charge is 0.262 e. The van der Waals surface area contributed by atoms with Crippen LogP contribution in [0.4, 0.5) is 5.69 Å². The molecule has 2 aromatic carbocycles. The largest absolute Gasteiger partial charge is 0.484 e. The highest BCUT2D eigenvalue weighted by Crippen LogP contribution is 2.15. The number of nitrogens with one attached hydrogen (secondary N) is 1. The first-order valence-electron chi connectivity index (χ1n) is 8.58. The first-order chi connectivity index (χ1) is 12.6. The predicted octanol–water partition coefficient (Wildman–Crippen LogP) is 2.48. The number of anilines is 1. The summed E-state index contributed by atoms with van der Waals surface area (Å²) in [7, 11) is 0. The summed E-state index contributed by atoms with van der Waals surface area (Å²) < 4.78 is 10.7. The van der Waals surface area contributed by atoms with Crippen LogP contribution in [-0.2, 0) is 9.53 Å². The van der Waals surface area contributed by atoms with E-state index in [9.17, 15) is 9.59 Å². The van der Waals surface area contributed by atoms with Crippen LogP contribution in [0, 0.1) is 6.92 Å². The highest BCUT2D eigenvalue weighted by atomic mass is 16.5. The van der Waals surface area contributed by atoms with E-state index in [0.29, 0.717) is 43.3 Å². The van der Waals surface area contributed by atoms with E-state index >= 15 is 0 Å². The second kappa shape index (κ2) is 8.49. The SMILES string of the molecule is Cc1ccc(OCC(=O)Nc2cccc(C(=O)N3CCOCC3)c2)cc1. The molecule has 1 aliphatic heterocycles. The molecule has 0 saturated carbocycles. The molecule has 26 heavy (non-hydrogen) atoms. The van der Waals surface area contributed by atoms with Crippen molar-refractivity contribution in [2.75, 3.05) is 38.2 Å². The summed E-state index contributed by atoms with van der Waals surface area (Å²) in [5.74, 6) is 0.309. The molecule has 3 rings (SSSR count). The van der Waals surface area contributed by atoms with E-state index < -0.39 is 0 Å². The fourth-order valence-electron chi connectivity index (χ4n) is 2.66. The molecule has 0 aliphatic carbocycles. The maximum Gasteiger partial charge on any atom is 0.262 e. The molecule has 136 valence electrons. The molecule has 0 aromatic heterocycles. The first-order valence-corrected chi connectivity index (χ1v) is 8.58. The number of carbonyl (C=O) groups excluding carboxylic acids is 2. The van der Waals surface area contributed by atoms with Gasteiger partial charge in [-0.05, 0) is 37.3 Å². The van der Waals surface area contributed by atoms with E-state index in [1.54, 1.807) is 29.2 Å². The molecule has 2 amide bonds. The van der Waals surface area contributed by atoms with Gasteiger partial charge in [0.1, 0.15) is 5.75 Å². The molecule has 6 nitrogen and oxygen atoms in total. The van der Waals surface area contributed by atoms with Crippen LogP contribution in [0.3, 0.4) is 0 Å². The van der Waals surface area contributed by atoms with Crippen molar-refractivity contribution in [2.24, 2.45) is 0 Å². The van der Waals surface area contributed by atoms with Gasteiger partial charge in [-0.25, -0.2) is 0 Å². The Morgan fingerprint density at radius 3 is 2.58 bits per heavy atom. The van der Waals surface area contributed by atoms with E-state index in [4.69, 9.17) is 9.47 Å². The van der Waals surface area contributed by atoms with E-state index in [0.717, 1.165) is 5.56 Å². The Morgan fingerprint density at radius 1 is 1.12 bits per heavy atom. The average molecular weight is 354 g/mol. The number of carbonyl (C=O) groups is 2. The van der Waals surface area contributed by atoms with Gasteiger partial charge in [0.2, 0.25) is 0 Å². The Labute approximate surface area is 152 Å².